The highest BCUT2D eigenvalue weighted by atomic mass is 35.5. The molecule has 0 spiro atoms. The summed E-state index contributed by atoms with van der Waals surface area (Å²) in [6.45, 7) is 4.01. The number of carbonyl (C=O) groups is 2. The number of carbonyl (C=O) groups excluding carboxylic acids is 2. The van der Waals surface area contributed by atoms with Crippen molar-refractivity contribution in [2.24, 2.45) is 0 Å². The number of halogens is 1. The van der Waals surface area contributed by atoms with Crippen molar-refractivity contribution in [1.29, 1.82) is 0 Å². The number of rotatable bonds is 9. The van der Waals surface area contributed by atoms with Gasteiger partial charge in [-0.05, 0) is 66.3 Å². The fraction of sp³-hybridized carbons (Fsp3) is 0.412. The van der Waals surface area contributed by atoms with Crippen molar-refractivity contribution in [2.75, 3.05) is 59.0 Å². The van der Waals surface area contributed by atoms with Crippen molar-refractivity contribution in [1.82, 2.24) is 9.80 Å². The van der Waals surface area contributed by atoms with Gasteiger partial charge in [0.2, 0.25) is 5.91 Å². The first-order valence-electron chi connectivity index (χ1n) is 14.7. The summed E-state index contributed by atoms with van der Waals surface area (Å²) in [6, 6.07) is 21.6. The minimum absolute atomic E-state index is 0.00318. The molecular formula is C34H42ClN3O5. The summed E-state index contributed by atoms with van der Waals surface area (Å²) in [4.78, 5) is 33.1. The molecular weight excluding hydrogens is 566 g/mol. The molecule has 0 saturated carbocycles. The van der Waals surface area contributed by atoms with E-state index in [0.29, 0.717) is 49.0 Å². The maximum absolute atomic E-state index is 13.7. The molecule has 0 aromatic heterocycles. The lowest BCUT2D eigenvalue weighted by molar-refractivity contribution is -0.131. The minimum Gasteiger partial charge on any atom is -0.493 e. The molecule has 0 N–H and O–H groups in total. The van der Waals surface area contributed by atoms with Gasteiger partial charge in [0.05, 0.1) is 14.2 Å². The molecule has 3 aromatic rings. The normalized spacial score (nSPS) is 14.8. The highest BCUT2D eigenvalue weighted by Crippen LogP contribution is 2.29. The summed E-state index contributed by atoms with van der Waals surface area (Å²) < 4.78 is 16.0. The smallest absolute Gasteiger partial charge is 0.252 e. The predicted octanol–water partition coefficient (Wildman–Crippen LogP) is 5.59. The van der Waals surface area contributed by atoms with E-state index in [-0.39, 0.29) is 18.4 Å². The van der Waals surface area contributed by atoms with E-state index in [1.165, 1.54) is 12.7 Å². The van der Waals surface area contributed by atoms with Crippen LogP contribution in [0.2, 0.25) is 5.02 Å². The van der Waals surface area contributed by atoms with Gasteiger partial charge >= 0.3 is 0 Å². The van der Waals surface area contributed by atoms with Crippen molar-refractivity contribution in [3.8, 4) is 11.5 Å². The van der Waals surface area contributed by atoms with E-state index in [0.717, 1.165) is 49.3 Å². The van der Waals surface area contributed by atoms with Crippen molar-refractivity contribution < 1.29 is 23.8 Å². The second-order valence-electron chi connectivity index (χ2n) is 10.7. The molecule has 9 heteroatoms. The van der Waals surface area contributed by atoms with Crippen LogP contribution in [0.3, 0.4) is 0 Å². The third-order valence-electron chi connectivity index (χ3n) is 7.72. The van der Waals surface area contributed by atoms with Gasteiger partial charge in [-0.15, -0.1) is 0 Å². The zero-order valence-electron chi connectivity index (χ0n) is 25.4. The van der Waals surface area contributed by atoms with Crippen molar-refractivity contribution >= 4 is 29.1 Å². The number of hydrogen-bond donors (Lipinski definition) is 0. The van der Waals surface area contributed by atoms with Crippen molar-refractivity contribution in [2.45, 2.75) is 38.8 Å². The van der Waals surface area contributed by atoms with Crippen LogP contribution in [0.5, 0.6) is 11.5 Å². The van der Waals surface area contributed by atoms with Gasteiger partial charge in [0.15, 0.2) is 11.5 Å². The monoisotopic (exact) mass is 607 g/mol. The Morgan fingerprint density at radius 2 is 1.49 bits per heavy atom. The van der Waals surface area contributed by atoms with E-state index >= 15 is 0 Å². The van der Waals surface area contributed by atoms with E-state index in [4.69, 9.17) is 25.8 Å². The van der Waals surface area contributed by atoms with E-state index in [9.17, 15) is 9.59 Å². The number of para-hydroxylation sites is 1. The van der Waals surface area contributed by atoms with Crippen LogP contribution in [-0.4, -0.2) is 75.7 Å². The number of aryl methyl sites for hydroxylation is 1. The lowest BCUT2D eigenvalue weighted by atomic mass is 10.1. The summed E-state index contributed by atoms with van der Waals surface area (Å²) in [6.07, 6.45) is 2.59. The van der Waals surface area contributed by atoms with Crippen LogP contribution in [0.25, 0.3) is 0 Å². The number of ether oxygens (including phenoxy) is 3. The lowest BCUT2D eigenvalue weighted by Gasteiger charge is -2.31. The van der Waals surface area contributed by atoms with Gasteiger partial charge in [-0.1, -0.05) is 48.0 Å². The van der Waals surface area contributed by atoms with Gasteiger partial charge in [-0.2, -0.15) is 0 Å². The Morgan fingerprint density at radius 3 is 2.21 bits per heavy atom. The number of hydrogen-bond acceptors (Lipinski definition) is 6. The molecule has 0 fully saturated rings. The second kappa shape index (κ2) is 16.3. The zero-order chi connectivity index (χ0) is 30.6. The molecule has 0 radical (unpaired) electrons. The number of amides is 2. The number of benzene rings is 3. The van der Waals surface area contributed by atoms with Gasteiger partial charge in [0, 0.05) is 63.5 Å². The molecule has 2 amide bonds. The Bertz CT molecular complexity index is 1350. The summed E-state index contributed by atoms with van der Waals surface area (Å²) in [5, 5.41) is 0.714. The standard InChI is InChI=1S/C34H42ClN3O5/c1-41-25-34(40)38-21-7-19-36(23-27-10-14-29(35)15-11-27)18-6-20-37(24-28-8-4-5-9-30(28)38)33(39)17-13-26-12-16-31(42-2)32(22-26)43-3/h4-5,8-12,14-16,22H,6-7,13,17-21,23-25H2,1-3H3. The molecule has 0 aliphatic carbocycles. The van der Waals surface area contributed by atoms with Crippen molar-refractivity contribution in [3.05, 3.63) is 88.4 Å². The quantitative estimate of drug-likeness (QED) is 0.316. The van der Waals surface area contributed by atoms with Gasteiger partial charge < -0.3 is 24.0 Å². The molecule has 0 atom stereocenters. The van der Waals surface area contributed by atoms with Crippen LogP contribution in [0.4, 0.5) is 5.69 Å². The Kier molecular flexibility index (Phi) is 12.3. The van der Waals surface area contributed by atoms with E-state index in [2.05, 4.69) is 4.90 Å². The van der Waals surface area contributed by atoms with Gasteiger partial charge in [0.25, 0.3) is 5.91 Å². The number of methoxy groups -OCH3 is 3. The van der Waals surface area contributed by atoms with E-state index in [1.54, 1.807) is 14.2 Å². The predicted molar refractivity (Wildman–Crippen MR) is 170 cm³/mol. The molecule has 8 nitrogen and oxygen atoms in total. The molecule has 0 bridgehead atoms. The van der Waals surface area contributed by atoms with Crippen LogP contribution >= 0.6 is 11.6 Å². The molecule has 230 valence electrons. The molecule has 1 aliphatic heterocycles. The maximum atomic E-state index is 13.7. The summed E-state index contributed by atoms with van der Waals surface area (Å²) in [7, 11) is 4.75. The SMILES string of the molecule is COCC(=O)N1CCCN(Cc2ccc(Cl)cc2)CCCN(C(=O)CCc2ccc(OC)c(OC)c2)Cc2ccccc21. The van der Waals surface area contributed by atoms with Crippen LogP contribution in [0.1, 0.15) is 36.0 Å². The first-order valence-corrected chi connectivity index (χ1v) is 15.1. The fourth-order valence-corrected chi connectivity index (χ4v) is 5.61. The molecule has 4 rings (SSSR count). The van der Waals surface area contributed by atoms with Crippen LogP contribution in [0.15, 0.2) is 66.7 Å². The Morgan fingerprint density at radius 1 is 0.791 bits per heavy atom. The Labute approximate surface area is 260 Å². The third kappa shape index (κ3) is 9.20. The summed E-state index contributed by atoms with van der Waals surface area (Å²) in [5.74, 6) is 1.28. The first-order chi connectivity index (χ1) is 20.9. The molecule has 0 unspecified atom stereocenters. The third-order valence-corrected chi connectivity index (χ3v) is 7.97. The maximum Gasteiger partial charge on any atom is 0.252 e. The van der Waals surface area contributed by atoms with Gasteiger partial charge in [-0.3, -0.25) is 14.5 Å². The van der Waals surface area contributed by atoms with Crippen LogP contribution < -0.4 is 14.4 Å². The summed E-state index contributed by atoms with van der Waals surface area (Å²) in [5.41, 5.74) is 3.96. The van der Waals surface area contributed by atoms with Gasteiger partial charge in [0.1, 0.15) is 6.61 Å². The molecule has 43 heavy (non-hydrogen) atoms. The molecule has 3 aromatic carbocycles. The van der Waals surface area contributed by atoms with Crippen molar-refractivity contribution in [3.63, 3.8) is 0 Å². The average Bonchev–Trinajstić information content (AvgIpc) is 3.02. The minimum atomic E-state index is -0.0948. The largest absolute Gasteiger partial charge is 0.493 e. The highest BCUT2D eigenvalue weighted by molar-refractivity contribution is 6.30. The fourth-order valence-electron chi connectivity index (χ4n) is 5.49. The molecule has 1 aliphatic rings. The first kappa shape index (κ1) is 32.3. The number of nitrogens with zero attached hydrogens (tertiary/aromatic N) is 3. The number of fused-ring (bicyclic) bond motifs is 1. The van der Waals surface area contributed by atoms with Crippen LogP contribution in [-0.2, 0) is 33.8 Å². The van der Waals surface area contributed by atoms with E-state index < -0.39 is 0 Å². The topological polar surface area (TPSA) is 71.6 Å². The molecule has 0 saturated heterocycles. The Hall–Kier alpha value is -3.59. The second-order valence-corrected chi connectivity index (χ2v) is 11.2. The lowest BCUT2D eigenvalue weighted by Crippen LogP contribution is -2.40. The van der Waals surface area contributed by atoms with E-state index in [1.807, 2.05) is 76.5 Å². The number of anilines is 1. The average molecular weight is 608 g/mol. The van der Waals surface area contributed by atoms with Crippen LogP contribution in [0, 0.1) is 0 Å². The highest BCUT2D eigenvalue weighted by Gasteiger charge is 2.23. The zero-order valence-corrected chi connectivity index (χ0v) is 26.1. The molecule has 1 heterocycles. The summed E-state index contributed by atoms with van der Waals surface area (Å²) >= 11 is 6.12. The Balaban J connectivity index is 1.56. The van der Waals surface area contributed by atoms with Gasteiger partial charge in [-0.25, -0.2) is 0 Å².